The number of benzene rings is 2. The molecule has 110 valence electrons. The fourth-order valence-electron chi connectivity index (χ4n) is 1.84. The summed E-state index contributed by atoms with van der Waals surface area (Å²) in [5.74, 6) is -0.346. The Hall–Kier alpha value is -2.40. The second kappa shape index (κ2) is 6.85. The van der Waals surface area contributed by atoms with Gasteiger partial charge in [0.05, 0.1) is 12.7 Å². The monoisotopic (exact) mass is 289 g/mol. The van der Waals surface area contributed by atoms with Gasteiger partial charge >= 0.3 is 5.97 Å². The van der Waals surface area contributed by atoms with E-state index in [1.165, 1.54) is 19.2 Å². The number of carbonyl (C=O) groups is 1. The third-order valence-corrected chi connectivity index (χ3v) is 2.95. The van der Waals surface area contributed by atoms with Crippen molar-refractivity contribution in [2.45, 2.75) is 13.2 Å². The maximum atomic E-state index is 13.3. The first-order valence-corrected chi connectivity index (χ1v) is 6.42. The van der Waals surface area contributed by atoms with Gasteiger partial charge in [-0.1, -0.05) is 12.1 Å². The highest BCUT2D eigenvalue weighted by Gasteiger charge is 2.05. The molecule has 0 unspecified atom stereocenters. The Morgan fingerprint density at radius 2 is 1.86 bits per heavy atom. The average molecular weight is 289 g/mol. The van der Waals surface area contributed by atoms with Crippen molar-refractivity contribution in [1.29, 1.82) is 0 Å². The molecule has 0 heterocycles. The molecule has 2 aromatic rings. The number of ether oxygens (including phenoxy) is 2. The first-order chi connectivity index (χ1) is 10.1. The van der Waals surface area contributed by atoms with Crippen molar-refractivity contribution in [3.63, 3.8) is 0 Å². The summed E-state index contributed by atoms with van der Waals surface area (Å²) < 4.78 is 23.5. The van der Waals surface area contributed by atoms with E-state index >= 15 is 0 Å². The van der Waals surface area contributed by atoms with Gasteiger partial charge in [-0.15, -0.1) is 0 Å². The van der Waals surface area contributed by atoms with Crippen LogP contribution in [0.3, 0.4) is 0 Å². The van der Waals surface area contributed by atoms with Gasteiger partial charge in [0.1, 0.15) is 18.2 Å². The third-order valence-electron chi connectivity index (χ3n) is 2.95. The topological polar surface area (TPSA) is 61.5 Å². The van der Waals surface area contributed by atoms with Crippen LogP contribution in [-0.4, -0.2) is 13.1 Å². The van der Waals surface area contributed by atoms with Crippen LogP contribution in [0.1, 0.15) is 21.5 Å². The lowest BCUT2D eigenvalue weighted by molar-refractivity contribution is 0.0600. The average Bonchev–Trinajstić information content (AvgIpc) is 2.52. The molecule has 0 aromatic heterocycles. The van der Waals surface area contributed by atoms with Crippen LogP contribution < -0.4 is 10.5 Å². The van der Waals surface area contributed by atoms with Crippen molar-refractivity contribution in [3.8, 4) is 5.75 Å². The van der Waals surface area contributed by atoms with Gasteiger partial charge in [-0.2, -0.15) is 0 Å². The predicted molar refractivity (Wildman–Crippen MR) is 76.4 cm³/mol. The molecule has 21 heavy (non-hydrogen) atoms. The molecule has 0 amide bonds. The predicted octanol–water partition coefficient (Wildman–Crippen LogP) is 2.65. The van der Waals surface area contributed by atoms with E-state index in [9.17, 15) is 9.18 Å². The summed E-state index contributed by atoms with van der Waals surface area (Å²) in [6.45, 7) is 0.525. The molecular formula is C16H16FNO3. The molecule has 0 atom stereocenters. The summed E-state index contributed by atoms with van der Waals surface area (Å²) in [5.41, 5.74) is 7.49. The van der Waals surface area contributed by atoms with Gasteiger partial charge < -0.3 is 15.2 Å². The molecule has 2 rings (SSSR count). The number of methoxy groups -OCH3 is 1. The SMILES string of the molecule is COC(=O)c1ccc(COc2cc(F)cc(CN)c2)cc1. The highest BCUT2D eigenvalue weighted by atomic mass is 19.1. The van der Waals surface area contributed by atoms with E-state index in [1.807, 2.05) is 0 Å². The Kier molecular flexibility index (Phi) is 4.90. The van der Waals surface area contributed by atoms with E-state index in [0.29, 0.717) is 16.9 Å². The Labute approximate surface area is 122 Å². The van der Waals surface area contributed by atoms with Crippen molar-refractivity contribution in [3.05, 3.63) is 65.0 Å². The minimum Gasteiger partial charge on any atom is -0.489 e. The molecule has 0 spiro atoms. The molecule has 4 nitrogen and oxygen atoms in total. The minimum absolute atomic E-state index is 0.252. The zero-order valence-corrected chi connectivity index (χ0v) is 11.6. The number of halogens is 1. The van der Waals surface area contributed by atoms with Gasteiger partial charge in [-0.25, -0.2) is 9.18 Å². The highest BCUT2D eigenvalue weighted by Crippen LogP contribution is 2.18. The first kappa shape index (κ1) is 15.0. The number of carbonyl (C=O) groups excluding carboxylic acids is 1. The summed E-state index contributed by atoms with van der Waals surface area (Å²) in [6, 6.07) is 11.2. The lowest BCUT2D eigenvalue weighted by Gasteiger charge is -2.08. The number of hydrogen-bond donors (Lipinski definition) is 1. The maximum absolute atomic E-state index is 13.3. The highest BCUT2D eigenvalue weighted by molar-refractivity contribution is 5.89. The van der Waals surface area contributed by atoms with E-state index in [4.69, 9.17) is 10.5 Å². The Morgan fingerprint density at radius 1 is 1.14 bits per heavy atom. The van der Waals surface area contributed by atoms with E-state index < -0.39 is 0 Å². The normalized spacial score (nSPS) is 10.2. The molecule has 0 bridgehead atoms. The largest absolute Gasteiger partial charge is 0.489 e. The van der Waals surface area contributed by atoms with Crippen molar-refractivity contribution < 1.29 is 18.7 Å². The van der Waals surface area contributed by atoms with Crippen LogP contribution in [-0.2, 0) is 17.9 Å². The van der Waals surface area contributed by atoms with Gasteiger partial charge in [0.15, 0.2) is 0 Å². The van der Waals surface area contributed by atoms with Gasteiger partial charge in [-0.05, 0) is 35.4 Å². The summed E-state index contributed by atoms with van der Waals surface area (Å²) in [7, 11) is 1.33. The quantitative estimate of drug-likeness (QED) is 0.860. The summed E-state index contributed by atoms with van der Waals surface area (Å²) in [6.07, 6.45) is 0. The van der Waals surface area contributed by atoms with Crippen LogP contribution >= 0.6 is 0 Å². The van der Waals surface area contributed by atoms with Gasteiger partial charge in [-0.3, -0.25) is 0 Å². The molecular weight excluding hydrogens is 273 g/mol. The third kappa shape index (κ3) is 4.03. The fourth-order valence-corrected chi connectivity index (χ4v) is 1.84. The molecule has 5 heteroatoms. The van der Waals surface area contributed by atoms with Crippen molar-refractivity contribution in [2.75, 3.05) is 7.11 Å². The van der Waals surface area contributed by atoms with Crippen molar-refractivity contribution >= 4 is 5.97 Å². The lowest BCUT2D eigenvalue weighted by atomic mass is 10.1. The van der Waals surface area contributed by atoms with Gasteiger partial charge in [0.25, 0.3) is 0 Å². The van der Waals surface area contributed by atoms with Crippen LogP contribution in [0.2, 0.25) is 0 Å². The molecule has 2 N–H and O–H groups in total. The van der Waals surface area contributed by atoms with Gasteiger partial charge in [0.2, 0.25) is 0 Å². The van der Waals surface area contributed by atoms with Crippen LogP contribution in [0.5, 0.6) is 5.75 Å². The number of hydrogen-bond acceptors (Lipinski definition) is 4. The second-order valence-electron chi connectivity index (χ2n) is 4.48. The van der Waals surface area contributed by atoms with Crippen LogP contribution in [0, 0.1) is 5.82 Å². The molecule has 0 fully saturated rings. The lowest BCUT2D eigenvalue weighted by Crippen LogP contribution is -2.02. The second-order valence-corrected chi connectivity index (χ2v) is 4.48. The zero-order valence-electron chi connectivity index (χ0n) is 11.6. The van der Waals surface area contributed by atoms with Crippen molar-refractivity contribution in [1.82, 2.24) is 0 Å². The molecule has 0 aliphatic rings. The van der Waals surface area contributed by atoms with Crippen molar-refractivity contribution in [2.24, 2.45) is 5.73 Å². The molecule has 0 saturated heterocycles. The van der Waals surface area contributed by atoms with Crippen LogP contribution in [0.25, 0.3) is 0 Å². The summed E-state index contributed by atoms with van der Waals surface area (Å²) >= 11 is 0. The van der Waals surface area contributed by atoms with Gasteiger partial charge in [0, 0.05) is 12.6 Å². The first-order valence-electron chi connectivity index (χ1n) is 6.42. The molecule has 0 saturated carbocycles. The van der Waals surface area contributed by atoms with E-state index in [2.05, 4.69) is 4.74 Å². The maximum Gasteiger partial charge on any atom is 0.337 e. The van der Waals surface area contributed by atoms with E-state index in [-0.39, 0.29) is 24.9 Å². The molecule has 2 aromatic carbocycles. The Morgan fingerprint density at radius 3 is 2.48 bits per heavy atom. The standard InChI is InChI=1S/C16H16FNO3/c1-20-16(19)13-4-2-11(3-5-13)10-21-15-7-12(9-18)6-14(17)8-15/h2-8H,9-10,18H2,1H3. The number of rotatable bonds is 5. The summed E-state index contributed by atoms with van der Waals surface area (Å²) in [5, 5.41) is 0. The molecule has 0 radical (unpaired) electrons. The molecule has 0 aliphatic heterocycles. The Bertz CT molecular complexity index is 626. The van der Waals surface area contributed by atoms with Crippen LogP contribution in [0.4, 0.5) is 4.39 Å². The number of nitrogens with two attached hydrogens (primary N) is 1. The molecule has 0 aliphatic carbocycles. The smallest absolute Gasteiger partial charge is 0.337 e. The number of esters is 1. The Balaban J connectivity index is 2.03. The fraction of sp³-hybridized carbons (Fsp3) is 0.188. The van der Waals surface area contributed by atoms with E-state index in [1.54, 1.807) is 30.3 Å². The van der Waals surface area contributed by atoms with Crippen LogP contribution in [0.15, 0.2) is 42.5 Å². The minimum atomic E-state index is -0.389. The zero-order chi connectivity index (χ0) is 15.2. The van der Waals surface area contributed by atoms with E-state index in [0.717, 1.165) is 5.56 Å². The summed E-state index contributed by atoms with van der Waals surface area (Å²) in [4.78, 5) is 11.3.